The van der Waals surface area contributed by atoms with Crippen LogP contribution in [0.15, 0.2) is 18.2 Å². The molecule has 0 saturated carbocycles. The van der Waals surface area contributed by atoms with Crippen LogP contribution in [0.2, 0.25) is 0 Å². The van der Waals surface area contributed by atoms with Gasteiger partial charge in [0, 0.05) is 18.8 Å². The third-order valence-corrected chi connectivity index (χ3v) is 3.29. The Morgan fingerprint density at radius 3 is 3.00 bits per heavy atom. The first-order valence-electron chi connectivity index (χ1n) is 5.97. The van der Waals surface area contributed by atoms with Gasteiger partial charge >= 0.3 is 5.97 Å². The molecule has 0 bridgehead atoms. The van der Waals surface area contributed by atoms with Crippen LogP contribution >= 0.6 is 0 Å². The number of aliphatic carboxylic acids is 1. The molecule has 0 fully saturated rings. The fourth-order valence-electron chi connectivity index (χ4n) is 2.32. The van der Waals surface area contributed by atoms with Crippen LogP contribution in [0.5, 0.6) is 0 Å². The van der Waals surface area contributed by atoms with Gasteiger partial charge in [-0.05, 0) is 37.0 Å². The zero-order chi connectivity index (χ0) is 12.4. The molecule has 17 heavy (non-hydrogen) atoms. The van der Waals surface area contributed by atoms with Crippen molar-refractivity contribution in [1.29, 1.82) is 0 Å². The lowest BCUT2D eigenvalue weighted by atomic mass is 10.0. The van der Waals surface area contributed by atoms with E-state index in [2.05, 4.69) is 24.0 Å². The number of carboxylic acid groups (broad SMARTS) is 1. The van der Waals surface area contributed by atoms with Gasteiger partial charge in [-0.1, -0.05) is 12.1 Å². The first-order chi connectivity index (χ1) is 8.11. The summed E-state index contributed by atoms with van der Waals surface area (Å²) in [7, 11) is 0. The fraction of sp³-hybridized carbons (Fsp3) is 0.462. The van der Waals surface area contributed by atoms with Crippen molar-refractivity contribution >= 4 is 11.7 Å². The quantitative estimate of drug-likeness (QED) is 0.816. The minimum atomic E-state index is -0.944. The van der Waals surface area contributed by atoms with Crippen LogP contribution in [-0.4, -0.2) is 30.2 Å². The Morgan fingerprint density at radius 2 is 2.35 bits per heavy atom. The summed E-state index contributed by atoms with van der Waals surface area (Å²) in [6.45, 7) is 4.21. The average molecular weight is 234 g/mol. The second kappa shape index (κ2) is 4.75. The van der Waals surface area contributed by atoms with E-state index >= 15 is 0 Å². The van der Waals surface area contributed by atoms with Crippen LogP contribution < -0.4 is 10.6 Å². The normalized spacial score (nSPS) is 15.8. The number of fused-ring (bicyclic) bond motifs is 1. The zero-order valence-corrected chi connectivity index (χ0v) is 10.0. The van der Waals surface area contributed by atoms with E-state index in [9.17, 15) is 4.79 Å². The van der Waals surface area contributed by atoms with Crippen molar-refractivity contribution in [3.8, 4) is 0 Å². The molecule has 1 aromatic carbocycles. The van der Waals surface area contributed by atoms with Gasteiger partial charge in [0.1, 0.15) is 6.04 Å². The van der Waals surface area contributed by atoms with E-state index < -0.39 is 12.0 Å². The van der Waals surface area contributed by atoms with Crippen LogP contribution in [0.3, 0.4) is 0 Å². The van der Waals surface area contributed by atoms with E-state index in [0.717, 1.165) is 25.1 Å². The van der Waals surface area contributed by atoms with Gasteiger partial charge in [-0.15, -0.1) is 0 Å². The number of hydrogen-bond donors (Lipinski definition) is 2. The van der Waals surface area contributed by atoms with Crippen molar-refractivity contribution in [1.82, 2.24) is 0 Å². The summed E-state index contributed by atoms with van der Waals surface area (Å²) in [5.74, 6) is -0.944. The number of carboxylic acids is 1. The molecule has 1 unspecified atom stereocenters. The number of carbonyl (C=O) groups is 1. The predicted octanol–water partition coefficient (Wildman–Crippen LogP) is 1.02. The Balaban J connectivity index is 2.15. The lowest BCUT2D eigenvalue weighted by Gasteiger charge is -2.16. The molecule has 0 radical (unpaired) electrons. The maximum atomic E-state index is 10.7. The Labute approximate surface area is 101 Å². The average Bonchev–Trinajstić information content (AvgIpc) is 2.71. The number of anilines is 1. The molecule has 4 nitrogen and oxygen atoms in total. The smallest absolute Gasteiger partial charge is 0.320 e. The molecule has 1 aromatic rings. The zero-order valence-electron chi connectivity index (χ0n) is 10.0. The van der Waals surface area contributed by atoms with E-state index in [1.165, 1.54) is 11.3 Å². The highest BCUT2D eigenvalue weighted by molar-refractivity contribution is 5.73. The van der Waals surface area contributed by atoms with E-state index in [-0.39, 0.29) is 0 Å². The van der Waals surface area contributed by atoms with Crippen LogP contribution in [0, 0.1) is 0 Å². The summed E-state index contributed by atoms with van der Waals surface area (Å²) in [6, 6.07) is 5.34. The highest BCUT2D eigenvalue weighted by Crippen LogP contribution is 2.28. The van der Waals surface area contributed by atoms with Gasteiger partial charge in [0.2, 0.25) is 0 Å². The molecule has 4 heteroatoms. The predicted molar refractivity (Wildman–Crippen MR) is 67.3 cm³/mol. The molecule has 0 saturated heterocycles. The molecular weight excluding hydrogens is 216 g/mol. The van der Waals surface area contributed by atoms with Crippen molar-refractivity contribution in [2.75, 3.05) is 18.0 Å². The van der Waals surface area contributed by atoms with E-state index in [4.69, 9.17) is 10.8 Å². The molecule has 92 valence electrons. The molecule has 1 heterocycles. The summed E-state index contributed by atoms with van der Waals surface area (Å²) in [5, 5.41) is 8.78. The van der Waals surface area contributed by atoms with Gasteiger partial charge in [0.05, 0.1) is 0 Å². The molecule has 3 N–H and O–H groups in total. The van der Waals surface area contributed by atoms with Crippen molar-refractivity contribution in [2.45, 2.75) is 25.8 Å². The summed E-state index contributed by atoms with van der Waals surface area (Å²) in [6.07, 6.45) is 1.44. The first kappa shape index (κ1) is 11.9. The molecule has 1 atom stereocenters. The minimum absolute atomic E-state index is 0.398. The molecule has 2 rings (SSSR count). The number of benzene rings is 1. The number of rotatable bonds is 4. The molecular formula is C13H18N2O2. The summed E-state index contributed by atoms with van der Waals surface area (Å²) >= 11 is 0. The molecule has 0 spiro atoms. The number of likely N-dealkylation sites (N-methyl/N-ethyl adjacent to an activating group) is 1. The largest absolute Gasteiger partial charge is 0.480 e. The molecule has 1 aliphatic heterocycles. The van der Waals surface area contributed by atoms with Crippen LogP contribution in [0.4, 0.5) is 5.69 Å². The summed E-state index contributed by atoms with van der Waals surface area (Å²) in [5.41, 5.74) is 9.13. The minimum Gasteiger partial charge on any atom is -0.480 e. The number of nitrogens with two attached hydrogens (primary N) is 1. The second-order valence-electron chi connectivity index (χ2n) is 4.44. The Bertz CT molecular complexity index is 431. The highest BCUT2D eigenvalue weighted by atomic mass is 16.4. The molecule has 0 aromatic heterocycles. The van der Waals surface area contributed by atoms with Crippen LogP contribution in [0.25, 0.3) is 0 Å². The van der Waals surface area contributed by atoms with Crippen LogP contribution in [-0.2, 0) is 17.6 Å². The molecule has 1 aliphatic rings. The summed E-state index contributed by atoms with van der Waals surface area (Å²) < 4.78 is 0. The first-order valence-corrected chi connectivity index (χ1v) is 5.97. The van der Waals surface area contributed by atoms with Crippen molar-refractivity contribution in [2.24, 2.45) is 5.73 Å². The van der Waals surface area contributed by atoms with Gasteiger partial charge in [-0.2, -0.15) is 0 Å². The Hall–Kier alpha value is -1.55. The van der Waals surface area contributed by atoms with E-state index in [0.29, 0.717) is 6.42 Å². The number of hydrogen-bond acceptors (Lipinski definition) is 3. The van der Waals surface area contributed by atoms with Crippen molar-refractivity contribution in [3.05, 3.63) is 29.3 Å². The second-order valence-corrected chi connectivity index (χ2v) is 4.44. The monoisotopic (exact) mass is 234 g/mol. The lowest BCUT2D eigenvalue weighted by Crippen LogP contribution is -2.32. The Morgan fingerprint density at radius 1 is 1.59 bits per heavy atom. The third-order valence-electron chi connectivity index (χ3n) is 3.29. The van der Waals surface area contributed by atoms with Gasteiger partial charge in [-0.25, -0.2) is 0 Å². The van der Waals surface area contributed by atoms with Gasteiger partial charge in [0.25, 0.3) is 0 Å². The third kappa shape index (κ3) is 2.42. The van der Waals surface area contributed by atoms with Gasteiger partial charge < -0.3 is 15.7 Å². The highest BCUT2D eigenvalue weighted by Gasteiger charge is 2.19. The van der Waals surface area contributed by atoms with Gasteiger partial charge in [0.15, 0.2) is 0 Å². The number of nitrogens with zero attached hydrogens (tertiary/aromatic N) is 1. The van der Waals surface area contributed by atoms with Crippen molar-refractivity contribution < 1.29 is 9.90 Å². The lowest BCUT2D eigenvalue weighted by molar-refractivity contribution is -0.138. The maximum absolute atomic E-state index is 10.7. The topological polar surface area (TPSA) is 66.6 Å². The Kier molecular flexibility index (Phi) is 3.33. The maximum Gasteiger partial charge on any atom is 0.320 e. The fourth-order valence-corrected chi connectivity index (χ4v) is 2.32. The van der Waals surface area contributed by atoms with E-state index in [1.807, 2.05) is 6.07 Å². The standard InChI is InChI=1S/C13H18N2O2/c1-2-15-6-5-10-7-9(3-4-12(10)15)8-11(14)13(16)17/h3-4,7,11H,2,5-6,8,14H2,1H3,(H,16,17). The van der Waals surface area contributed by atoms with Crippen LogP contribution in [0.1, 0.15) is 18.1 Å². The SMILES string of the molecule is CCN1CCc2cc(CC(N)C(=O)O)ccc21. The molecule has 0 aliphatic carbocycles. The van der Waals surface area contributed by atoms with Gasteiger partial charge in [-0.3, -0.25) is 4.79 Å². The molecule has 0 amide bonds. The van der Waals surface area contributed by atoms with E-state index in [1.54, 1.807) is 0 Å². The van der Waals surface area contributed by atoms with Crippen molar-refractivity contribution in [3.63, 3.8) is 0 Å². The summed E-state index contributed by atoms with van der Waals surface area (Å²) in [4.78, 5) is 13.0.